The van der Waals surface area contributed by atoms with Crippen LogP contribution in [0.3, 0.4) is 0 Å². The molecule has 1 aliphatic rings. The molecule has 7 rings (SSSR count). The molecule has 0 saturated carbocycles. The van der Waals surface area contributed by atoms with Gasteiger partial charge in [-0.2, -0.15) is 0 Å². The standard InChI is InChI=1S/C44H40N2/c1-29-23-25-38(36(27-29)43(3,4)32-17-9-7-10-18-32)45-41-34-21-13-15-31-16-14-22-35(40(31)34)42(41)46-39-26-24-30(2)28-37(39)44(5,6)33-19-11-8-12-20-33/h7-28H,1-6H3. The SMILES string of the molecule is Cc1ccc(N=C2C(=Nc3ccc(C)cc3C(C)(C)c3ccccc3)c3cccc4cccc2c34)c(C(C)(C)c2ccccc2)c1. The average Bonchev–Trinajstić information content (AvgIpc) is 3.36. The molecule has 0 heterocycles. The molecule has 6 aromatic carbocycles. The second-order valence-electron chi connectivity index (χ2n) is 13.7. The zero-order valence-electron chi connectivity index (χ0n) is 27.6. The molecule has 0 radical (unpaired) electrons. The van der Waals surface area contributed by atoms with Crippen molar-refractivity contribution < 1.29 is 0 Å². The Balaban J connectivity index is 1.48. The molecule has 2 heteroatoms. The first-order valence-corrected chi connectivity index (χ1v) is 16.2. The minimum atomic E-state index is -0.245. The van der Waals surface area contributed by atoms with E-state index < -0.39 is 0 Å². The van der Waals surface area contributed by atoms with Gasteiger partial charge in [-0.15, -0.1) is 0 Å². The smallest absolute Gasteiger partial charge is 0.0978 e. The Bertz CT molecular complexity index is 2000. The molecule has 0 unspecified atom stereocenters. The van der Waals surface area contributed by atoms with Crippen molar-refractivity contribution >= 4 is 33.6 Å². The summed E-state index contributed by atoms with van der Waals surface area (Å²) in [5.41, 5.74) is 12.9. The highest BCUT2D eigenvalue weighted by Crippen LogP contribution is 2.42. The Labute approximate surface area is 273 Å². The lowest BCUT2D eigenvalue weighted by atomic mass is 9.77. The first-order valence-electron chi connectivity index (χ1n) is 16.2. The van der Waals surface area contributed by atoms with Gasteiger partial charge in [0.25, 0.3) is 0 Å². The topological polar surface area (TPSA) is 24.7 Å². The monoisotopic (exact) mass is 596 g/mol. The lowest BCUT2D eigenvalue weighted by Gasteiger charge is -2.28. The van der Waals surface area contributed by atoms with E-state index in [0.717, 1.165) is 33.9 Å². The lowest BCUT2D eigenvalue weighted by molar-refractivity contribution is 0.641. The number of nitrogens with zero attached hydrogens (tertiary/aromatic N) is 2. The van der Waals surface area contributed by atoms with Gasteiger partial charge < -0.3 is 0 Å². The predicted octanol–water partition coefficient (Wildman–Crippen LogP) is 11.4. The predicted molar refractivity (Wildman–Crippen MR) is 196 cm³/mol. The first kappa shape index (κ1) is 29.6. The third kappa shape index (κ3) is 5.08. The van der Waals surface area contributed by atoms with Gasteiger partial charge in [0, 0.05) is 27.3 Å². The van der Waals surface area contributed by atoms with Crippen LogP contribution in [0.5, 0.6) is 0 Å². The maximum absolute atomic E-state index is 5.56. The third-order valence-corrected chi connectivity index (χ3v) is 9.75. The van der Waals surface area contributed by atoms with Gasteiger partial charge in [-0.05, 0) is 53.6 Å². The summed E-state index contributed by atoms with van der Waals surface area (Å²) in [6.07, 6.45) is 0. The van der Waals surface area contributed by atoms with Crippen LogP contribution in [-0.2, 0) is 10.8 Å². The van der Waals surface area contributed by atoms with Crippen LogP contribution in [0.25, 0.3) is 10.8 Å². The van der Waals surface area contributed by atoms with Gasteiger partial charge in [-0.25, -0.2) is 9.98 Å². The molecule has 6 aromatic rings. The molecular weight excluding hydrogens is 556 g/mol. The largest absolute Gasteiger partial charge is 0.246 e. The van der Waals surface area contributed by atoms with Crippen molar-refractivity contribution in [3.63, 3.8) is 0 Å². The first-order chi connectivity index (χ1) is 22.1. The minimum absolute atomic E-state index is 0.245. The molecule has 0 aromatic heterocycles. The summed E-state index contributed by atoms with van der Waals surface area (Å²) < 4.78 is 0. The molecule has 0 aliphatic heterocycles. The van der Waals surface area contributed by atoms with Crippen LogP contribution in [0.15, 0.2) is 143 Å². The van der Waals surface area contributed by atoms with E-state index in [1.54, 1.807) is 0 Å². The summed E-state index contributed by atoms with van der Waals surface area (Å²) in [5.74, 6) is 0. The van der Waals surface area contributed by atoms with E-state index in [9.17, 15) is 0 Å². The highest BCUT2D eigenvalue weighted by molar-refractivity contribution is 6.61. The van der Waals surface area contributed by atoms with E-state index in [0.29, 0.717) is 0 Å². The van der Waals surface area contributed by atoms with Crippen LogP contribution in [0.2, 0.25) is 0 Å². The molecule has 226 valence electrons. The number of hydrogen-bond acceptors (Lipinski definition) is 2. The minimum Gasteiger partial charge on any atom is -0.246 e. The van der Waals surface area contributed by atoms with Gasteiger partial charge in [-0.1, -0.05) is 160 Å². The third-order valence-electron chi connectivity index (χ3n) is 9.75. The summed E-state index contributed by atoms with van der Waals surface area (Å²) in [5, 5.41) is 2.42. The fourth-order valence-corrected chi connectivity index (χ4v) is 6.97. The molecule has 1 aliphatic carbocycles. The van der Waals surface area contributed by atoms with Crippen molar-refractivity contribution in [1.82, 2.24) is 0 Å². The normalized spacial score (nSPS) is 14.8. The number of aryl methyl sites for hydroxylation is 2. The summed E-state index contributed by atoms with van der Waals surface area (Å²) in [6.45, 7) is 13.5. The van der Waals surface area contributed by atoms with Gasteiger partial charge in [0.05, 0.1) is 22.8 Å². The molecule has 0 fully saturated rings. The van der Waals surface area contributed by atoms with Crippen molar-refractivity contribution in [3.8, 4) is 0 Å². The van der Waals surface area contributed by atoms with Gasteiger partial charge >= 0.3 is 0 Å². The fraction of sp³-hybridized carbons (Fsp3) is 0.182. The maximum Gasteiger partial charge on any atom is 0.0978 e. The Morgan fingerprint density at radius 1 is 0.435 bits per heavy atom. The zero-order valence-corrected chi connectivity index (χ0v) is 27.6. The second-order valence-corrected chi connectivity index (χ2v) is 13.7. The zero-order chi connectivity index (χ0) is 32.1. The quantitative estimate of drug-likeness (QED) is 0.183. The van der Waals surface area contributed by atoms with Crippen molar-refractivity contribution in [1.29, 1.82) is 0 Å². The Morgan fingerprint density at radius 2 is 0.848 bits per heavy atom. The van der Waals surface area contributed by atoms with E-state index in [4.69, 9.17) is 9.98 Å². The Hall–Kier alpha value is -5.08. The number of hydrogen-bond donors (Lipinski definition) is 0. The maximum atomic E-state index is 5.56. The van der Waals surface area contributed by atoms with Crippen LogP contribution in [0, 0.1) is 13.8 Å². The number of aliphatic imine (C=N–C) groups is 2. The van der Waals surface area contributed by atoms with E-state index in [1.165, 1.54) is 44.2 Å². The van der Waals surface area contributed by atoms with Gasteiger partial charge in [0.1, 0.15) is 0 Å². The van der Waals surface area contributed by atoms with Crippen LogP contribution >= 0.6 is 0 Å². The fourth-order valence-electron chi connectivity index (χ4n) is 6.97. The van der Waals surface area contributed by atoms with Gasteiger partial charge in [0.15, 0.2) is 0 Å². The summed E-state index contributed by atoms with van der Waals surface area (Å²) in [4.78, 5) is 11.1. The van der Waals surface area contributed by atoms with Gasteiger partial charge in [0.2, 0.25) is 0 Å². The van der Waals surface area contributed by atoms with Gasteiger partial charge in [-0.3, -0.25) is 0 Å². The van der Waals surface area contributed by atoms with Crippen molar-refractivity contribution in [2.45, 2.75) is 52.4 Å². The Kier molecular flexibility index (Phi) is 7.32. The van der Waals surface area contributed by atoms with Crippen molar-refractivity contribution in [2.24, 2.45) is 9.98 Å². The van der Waals surface area contributed by atoms with Crippen LogP contribution in [0.1, 0.15) is 72.2 Å². The van der Waals surface area contributed by atoms with Crippen molar-refractivity contribution in [2.75, 3.05) is 0 Å². The van der Waals surface area contributed by atoms with Crippen LogP contribution in [0.4, 0.5) is 11.4 Å². The molecule has 46 heavy (non-hydrogen) atoms. The molecule has 0 bridgehead atoms. The summed E-state index contributed by atoms with van der Waals surface area (Å²) >= 11 is 0. The van der Waals surface area contributed by atoms with Crippen LogP contribution < -0.4 is 0 Å². The highest BCUT2D eigenvalue weighted by atomic mass is 14.8. The van der Waals surface area contributed by atoms with E-state index >= 15 is 0 Å². The molecule has 0 N–H and O–H groups in total. The molecule has 2 nitrogen and oxygen atoms in total. The lowest BCUT2D eigenvalue weighted by Crippen LogP contribution is -2.20. The molecular formula is C44H40N2. The van der Waals surface area contributed by atoms with Crippen molar-refractivity contribution in [3.05, 3.63) is 178 Å². The number of benzene rings is 6. The van der Waals surface area contributed by atoms with E-state index in [-0.39, 0.29) is 10.8 Å². The summed E-state index contributed by atoms with van der Waals surface area (Å²) in [7, 11) is 0. The van der Waals surface area contributed by atoms with E-state index in [1.807, 2.05) is 0 Å². The molecule has 0 saturated heterocycles. The molecule has 0 atom stereocenters. The molecule has 0 spiro atoms. The molecule has 0 amide bonds. The summed E-state index contributed by atoms with van der Waals surface area (Å²) in [6, 6.07) is 47.8. The Morgan fingerprint density at radius 3 is 1.26 bits per heavy atom. The highest BCUT2D eigenvalue weighted by Gasteiger charge is 2.32. The second kappa shape index (κ2) is 11.4. The van der Waals surface area contributed by atoms with E-state index in [2.05, 4.69) is 175 Å². The number of rotatable bonds is 6. The van der Waals surface area contributed by atoms with Crippen LogP contribution in [-0.4, -0.2) is 11.4 Å². The average molecular weight is 597 g/mol.